The van der Waals surface area contributed by atoms with Gasteiger partial charge in [-0.1, -0.05) is 19.3 Å². The molecule has 0 unspecified atom stereocenters. The first-order valence-corrected chi connectivity index (χ1v) is 8.02. The van der Waals surface area contributed by atoms with Crippen molar-refractivity contribution in [2.75, 3.05) is 20.8 Å². The molecule has 0 saturated heterocycles. The fourth-order valence-corrected chi connectivity index (χ4v) is 3.19. The van der Waals surface area contributed by atoms with Crippen LogP contribution in [0.1, 0.15) is 48.0 Å². The summed E-state index contributed by atoms with van der Waals surface area (Å²) in [5.74, 6) is -0.947. The Balaban J connectivity index is 0.00000288. The molecular weight excluding hydrogens is 334 g/mol. The molecule has 1 fully saturated rings. The fourth-order valence-electron chi connectivity index (χ4n) is 3.19. The van der Waals surface area contributed by atoms with Gasteiger partial charge >= 0.3 is 5.97 Å². The summed E-state index contributed by atoms with van der Waals surface area (Å²) in [7, 11) is 2.79. The topological polar surface area (TPSA) is 88.0 Å². The average molecular weight is 360 g/mol. The standard InChI is InChI=1S/C17H25NO5.ClH/c1-22-14-10-13(17(20)21)12(16(23-2)15(14)19)8-9-18-11-6-4-3-5-7-11;/h10-11,18-19H,3-9H2,1-2H3,(H,20,21);1H. The summed E-state index contributed by atoms with van der Waals surface area (Å²) >= 11 is 0. The van der Waals surface area contributed by atoms with Gasteiger partial charge in [-0.25, -0.2) is 4.79 Å². The number of halogens is 1. The molecule has 0 aromatic heterocycles. The molecule has 1 aliphatic carbocycles. The lowest BCUT2D eigenvalue weighted by Crippen LogP contribution is -2.32. The van der Waals surface area contributed by atoms with Crippen molar-refractivity contribution < 1.29 is 24.5 Å². The van der Waals surface area contributed by atoms with Crippen molar-refractivity contribution in [3.05, 3.63) is 17.2 Å². The Bertz CT molecular complexity index is 558. The smallest absolute Gasteiger partial charge is 0.336 e. The van der Waals surface area contributed by atoms with Crippen LogP contribution in [0.15, 0.2) is 6.07 Å². The summed E-state index contributed by atoms with van der Waals surface area (Å²) in [6.45, 7) is 0.646. The number of phenols is 1. The minimum absolute atomic E-state index is 0. The number of nitrogens with one attached hydrogen (secondary N) is 1. The number of rotatable bonds is 7. The normalized spacial score (nSPS) is 14.8. The third-order valence-corrected chi connectivity index (χ3v) is 4.39. The highest BCUT2D eigenvalue weighted by atomic mass is 35.5. The number of carboxylic acid groups (broad SMARTS) is 1. The molecule has 0 radical (unpaired) electrons. The molecule has 0 spiro atoms. The van der Waals surface area contributed by atoms with Crippen molar-refractivity contribution in [1.82, 2.24) is 5.32 Å². The average Bonchev–Trinajstić information content (AvgIpc) is 2.56. The number of aromatic hydroxyl groups is 1. The van der Waals surface area contributed by atoms with Crippen LogP contribution in [0.5, 0.6) is 17.2 Å². The van der Waals surface area contributed by atoms with Gasteiger partial charge in [0.2, 0.25) is 5.75 Å². The van der Waals surface area contributed by atoms with Gasteiger partial charge in [0, 0.05) is 11.6 Å². The molecule has 3 N–H and O–H groups in total. The van der Waals surface area contributed by atoms with E-state index in [-0.39, 0.29) is 35.2 Å². The van der Waals surface area contributed by atoms with Crippen LogP contribution < -0.4 is 14.8 Å². The minimum Gasteiger partial charge on any atom is -0.502 e. The van der Waals surface area contributed by atoms with Gasteiger partial charge in [0.1, 0.15) is 0 Å². The molecule has 0 amide bonds. The first-order chi connectivity index (χ1) is 11.1. The second-order valence-corrected chi connectivity index (χ2v) is 5.83. The third kappa shape index (κ3) is 4.68. The van der Waals surface area contributed by atoms with Crippen LogP contribution in [0.4, 0.5) is 0 Å². The van der Waals surface area contributed by atoms with Crippen molar-refractivity contribution in [1.29, 1.82) is 0 Å². The van der Waals surface area contributed by atoms with E-state index in [9.17, 15) is 15.0 Å². The first kappa shape index (κ1) is 20.4. The van der Waals surface area contributed by atoms with Crippen molar-refractivity contribution in [3.63, 3.8) is 0 Å². The molecule has 7 heteroatoms. The Morgan fingerprint density at radius 3 is 2.46 bits per heavy atom. The van der Waals surface area contributed by atoms with Crippen LogP contribution in [0.2, 0.25) is 0 Å². The second-order valence-electron chi connectivity index (χ2n) is 5.83. The monoisotopic (exact) mass is 359 g/mol. The van der Waals surface area contributed by atoms with Gasteiger partial charge in [-0.15, -0.1) is 12.4 Å². The van der Waals surface area contributed by atoms with Gasteiger partial charge < -0.3 is 25.0 Å². The first-order valence-electron chi connectivity index (χ1n) is 8.02. The van der Waals surface area contributed by atoms with E-state index < -0.39 is 5.97 Å². The quantitative estimate of drug-likeness (QED) is 0.693. The van der Waals surface area contributed by atoms with E-state index >= 15 is 0 Å². The summed E-state index contributed by atoms with van der Waals surface area (Å²) in [5.41, 5.74) is 0.587. The van der Waals surface area contributed by atoms with Gasteiger partial charge in [0.25, 0.3) is 0 Å². The number of methoxy groups -OCH3 is 2. The molecule has 1 saturated carbocycles. The SMILES string of the molecule is COc1cc(C(=O)O)c(CCNC2CCCCC2)c(OC)c1O.Cl. The van der Waals surface area contributed by atoms with Crippen molar-refractivity contribution >= 4 is 18.4 Å². The molecule has 0 atom stereocenters. The summed E-state index contributed by atoms with van der Waals surface area (Å²) in [6, 6.07) is 1.84. The molecule has 0 bridgehead atoms. The lowest BCUT2D eigenvalue weighted by molar-refractivity contribution is 0.0694. The van der Waals surface area contributed by atoms with Crippen molar-refractivity contribution in [2.24, 2.45) is 0 Å². The van der Waals surface area contributed by atoms with E-state index in [1.54, 1.807) is 0 Å². The van der Waals surface area contributed by atoms with E-state index in [4.69, 9.17) is 9.47 Å². The Labute approximate surface area is 148 Å². The lowest BCUT2D eigenvalue weighted by Gasteiger charge is -2.23. The highest BCUT2D eigenvalue weighted by molar-refractivity contribution is 5.92. The number of aromatic carboxylic acids is 1. The van der Waals surface area contributed by atoms with E-state index in [2.05, 4.69) is 5.32 Å². The Kier molecular flexibility index (Phi) is 8.15. The third-order valence-electron chi connectivity index (χ3n) is 4.39. The van der Waals surface area contributed by atoms with Crippen LogP contribution in [0.3, 0.4) is 0 Å². The van der Waals surface area contributed by atoms with Gasteiger partial charge in [-0.2, -0.15) is 0 Å². The van der Waals surface area contributed by atoms with Gasteiger partial charge in [-0.3, -0.25) is 0 Å². The molecule has 1 aromatic carbocycles. The second kappa shape index (κ2) is 9.59. The number of phenolic OH excluding ortho intramolecular Hbond substituents is 1. The molecular formula is C17H26ClNO5. The zero-order valence-corrected chi connectivity index (χ0v) is 14.9. The number of hydrogen-bond acceptors (Lipinski definition) is 5. The summed E-state index contributed by atoms with van der Waals surface area (Å²) in [5, 5.41) is 23.1. The molecule has 1 aromatic rings. The predicted molar refractivity (Wildman–Crippen MR) is 94.0 cm³/mol. The molecule has 0 aliphatic heterocycles. The maximum Gasteiger partial charge on any atom is 0.336 e. The number of carbonyl (C=O) groups is 1. The highest BCUT2D eigenvalue weighted by Crippen LogP contribution is 2.41. The number of ether oxygens (including phenoxy) is 2. The van der Waals surface area contributed by atoms with E-state index in [1.807, 2.05) is 0 Å². The predicted octanol–water partition coefficient (Wildman–Crippen LogP) is 2.99. The largest absolute Gasteiger partial charge is 0.502 e. The van der Waals surface area contributed by atoms with E-state index in [0.29, 0.717) is 24.6 Å². The molecule has 2 rings (SSSR count). The number of carboxylic acids is 1. The minimum atomic E-state index is -1.06. The van der Waals surface area contributed by atoms with Gasteiger partial charge in [0.05, 0.1) is 19.8 Å². The zero-order chi connectivity index (χ0) is 16.8. The molecule has 0 heterocycles. The fraction of sp³-hybridized carbons (Fsp3) is 0.588. The van der Waals surface area contributed by atoms with E-state index in [1.165, 1.54) is 39.5 Å². The summed E-state index contributed by atoms with van der Waals surface area (Å²) in [4.78, 5) is 11.5. The maximum absolute atomic E-state index is 11.5. The van der Waals surface area contributed by atoms with Crippen LogP contribution in [0.25, 0.3) is 0 Å². The highest BCUT2D eigenvalue weighted by Gasteiger charge is 2.23. The van der Waals surface area contributed by atoms with Gasteiger partial charge in [-0.05, 0) is 31.9 Å². The zero-order valence-electron chi connectivity index (χ0n) is 14.1. The Morgan fingerprint density at radius 1 is 1.25 bits per heavy atom. The Hall–Kier alpha value is -1.66. The maximum atomic E-state index is 11.5. The number of hydrogen-bond donors (Lipinski definition) is 3. The van der Waals surface area contributed by atoms with Crippen LogP contribution >= 0.6 is 12.4 Å². The van der Waals surface area contributed by atoms with Crippen molar-refractivity contribution in [2.45, 2.75) is 44.6 Å². The number of benzene rings is 1. The lowest BCUT2D eigenvalue weighted by atomic mass is 9.95. The molecule has 24 heavy (non-hydrogen) atoms. The van der Waals surface area contributed by atoms with E-state index in [0.717, 1.165) is 12.8 Å². The molecule has 1 aliphatic rings. The van der Waals surface area contributed by atoms with Crippen LogP contribution in [0, 0.1) is 0 Å². The van der Waals surface area contributed by atoms with Crippen LogP contribution in [-0.2, 0) is 6.42 Å². The summed E-state index contributed by atoms with van der Waals surface area (Å²) in [6.07, 6.45) is 6.57. The summed E-state index contributed by atoms with van der Waals surface area (Å²) < 4.78 is 10.3. The van der Waals surface area contributed by atoms with Crippen molar-refractivity contribution in [3.8, 4) is 17.2 Å². The molecule has 6 nitrogen and oxygen atoms in total. The van der Waals surface area contributed by atoms with Gasteiger partial charge in [0.15, 0.2) is 11.5 Å². The Morgan fingerprint density at radius 2 is 1.92 bits per heavy atom. The molecule has 136 valence electrons. The van der Waals surface area contributed by atoms with Crippen LogP contribution in [-0.4, -0.2) is 43.0 Å².